The fourth-order valence-electron chi connectivity index (χ4n) is 1.60. The molecule has 1 fully saturated rings. The Labute approximate surface area is 89.6 Å². The molecule has 1 atom stereocenters. The van der Waals surface area contributed by atoms with E-state index in [0.29, 0.717) is 6.61 Å². The van der Waals surface area contributed by atoms with Gasteiger partial charge < -0.3 is 9.47 Å². The lowest BCUT2D eigenvalue weighted by atomic mass is 10.2. The molecule has 1 saturated heterocycles. The molecule has 2 rings (SSSR count). The maximum Gasteiger partial charge on any atom is 0.157 e. The third-order valence-electron chi connectivity index (χ3n) is 2.42. The first-order valence-corrected chi connectivity index (χ1v) is 5.43. The lowest BCUT2D eigenvalue weighted by Gasteiger charge is -2.22. The zero-order valence-electron chi connectivity index (χ0n) is 8.76. The molecule has 0 bridgehead atoms. The van der Waals surface area contributed by atoms with Gasteiger partial charge in [-0.25, -0.2) is 0 Å². The summed E-state index contributed by atoms with van der Waals surface area (Å²) < 4.78 is 11.1. The van der Waals surface area contributed by atoms with Crippen LogP contribution < -0.4 is 0 Å². The molecule has 0 aromatic carbocycles. The molecule has 82 valence electrons. The minimum atomic E-state index is -0.00424. The van der Waals surface area contributed by atoms with E-state index < -0.39 is 0 Å². The first-order valence-electron chi connectivity index (χ1n) is 5.43. The molecular weight excluding hydrogens is 192 g/mol. The summed E-state index contributed by atoms with van der Waals surface area (Å²) in [5.41, 5.74) is 0.966. The fraction of sp³-hybridized carbons (Fsp3) is 0.636. The molecule has 0 aliphatic carbocycles. The van der Waals surface area contributed by atoms with Crippen molar-refractivity contribution in [2.24, 2.45) is 0 Å². The second kappa shape index (κ2) is 5.78. The third kappa shape index (κ3) is 3.57. The van der Waals surface area contributed by atoms with Crippen molar-refractivity contribution < 1.29 is 9.47 Å². The maximum absolute atomic E-state index is 5.60. The summed E-state index contributed by atoms with van der Waals surface area (Å²) in [4.78, 5) is 8.18. The normalized spacial score (nSPS) is 21.5. The van der Waals surface area contributed by atoms with Crippen molar-refractivity contribution in [2.75, 3.05) is 13.2 Å². The summed E-state index contributed by atoms with van der Waals surface area (Å²) >= 11 is 0. The van der Waals surface area contributed by atoms with Crippen LogP contribution in [0.2, 0.25) is 0 Å². The van der Waals surface area contributed by atoms with Crippen LogP contribution in [0.1, 0.15) is 25.0 Å². The summed E-state index contributed by atoms with van der Waals surface area (Å²) in [5.74, 6) is 0. The molecular formula is C11H16N2O2. The molecule has 1 aliphatic rings. The molecule has 1 aliphatic heterocycles. The Morgan fingerprint density at radius 1 is 1.40 bits per heavy atom. The molecule has 0 spiro atoms. The van der Waals surface area contributed by atoms with Crippen LogP contribution in [0.15, 0.2) is 18.6 Å². The van der Waals surface area contributed by atoms with Gasteiger partial charge in [-0.15, -0.1) is 0 Å². The Bertz CT molecular complexity index is 273. The summed E-state index contributed by atoms with van der Waals surface area (Å²) in [5, 5.41) is 0. The second-order valence-corrected chi connectivity index (χ2v) is 3.61. The zero-order valence-corrected chi connectivity index (χ0v) is 8.76. The molecule has 0 N–H and O–H groups in total. The fourth-order valence-corrected chi connectivity index (χ4v) is 1.60. The molecule has 0 amide bonds. The van der Waals surface area contributed by atoms with Crippen LogP contribution in [0.4, 0.5) is 0 Å². The highest BCUT2D eigenvalue weighted by atomic mass is 16.7. The van der Waals surface area contributed by atoms with Crippen molar-refractivity contribution in [1.82, 2.24) is 9.97 Å². The van der Waals surface area contributed by atoms with Crippen molar-refractivity contribution in [3.8, 4) is 0 Å². The molecule has 15 heavy (non-hydrogen) atoms. The Hall–Kier alpha value is -1.00. The van der Waals surface area contributed by atoms with E-state index in [1.165, 1.54) is 6.42 Å². The average Bonchev–Trinajstić information content (AvgIpc) is 2.32. The predicted octanol–water partition coefficient (Wildman–Crippen LogP) is 1.56. The van der Waals surface area contributed by atoms with Crippen LogP contribution in [-0.2, 0) is 15.9 Å². The SMILES string of the molecule is c1cnc(CCOC2CCCCO2)cn1. The van der Waals surface area contributed by atoms with E-state index in [9.17, 15) is 0 Å². The minimum absolute atomic E-state index is 0.00424. The van der Waals surface area contributed by atoms with Crippen molar-refractivity contribution in [1.29, 1.82) is 0 Å². The van der Waals surface area contributed by atoms with Gasteiger partial charge in [0.15, 0.2) is 6.29 Å². The van der Waals surface area contributed by atoms with E-state index in [1.807, 2.05) is 0 Å². The number of rotatable bonds is 4. The van der Waals surface area contributed by atoms with Crippen LogP contribution in [0.5, 0.6) is 0 Å². The van der Waals surface area contributed by atoms with Gasteiger partial charge in [-0.2, -0.15) is 0 Å². The van der Waals surface area contributed by atoms with Gasteiger partial charge in [0.1, 0.15) is 0 Å². The average molecular weight is 208 g/mol. The molecule has 2 heterocycles. The Morgan fingerprint density at radius 2 is 2.40 bits per heavy atom. The van der Waals surface area contributed by atoms with Gasteiger partial charge in [-0.05, 0) is 19.3 Å². The maximum atomic E-state index is 5.60. The minimum Gasteiger partial charge on any atom is -0.353 e. The summed E-state index contributed by atoms with van der Waals surface area (Å²) in [6.45, 7) is 1.49. The van der Waals surface area contributed by atoms with E-state index in [-0.39, 0.29) is 6.29 Å². The van der Waals surface area contributed by atoms with Gasteiger partial charge in [-0.1, -0.05) is 0 Å². The highest BCUT2D eigenvalue weighted by molar-refractivity contribution is 4.94. The van der Waals surface area contributed by atoms with E-state index in [4.69, 9.17) is 9.47 Å². The van der Waals surface area contributed by atoms with E-state index in [2.05, 4.69) is 9.97 Å². The number of hydrogen-bond donors (Lipinski definition) is 0. The zero-order chi connectivity index (χ0) is 10.3. The number of hydrogen-bond acceptors (Lipinski definition) is 4. The van der Waals surface area contributed by atoms with Gasteiger partial charge in [0.2, 0.25) is 0 Å². The Morgan fingerprint density at radius 3 is 3.13 bits per heavy atom. The van der Waals surface area contributed by atoms with E-state index >= 15 is 0 Å². The number of aromatic nitrogens is 2. The molecule has 4 nitrogen and oxygen atoms in total. The molecule has 0 radical (unpaired) electrons. The number of nitrogens with zero attached hydrogens (tertiary/aromatic N) is 2. The molecule has 1 aromatic rings. The summed E-state index contributed by atoms with van der Waals surface area (Å²) in [6.07, 6.45) is 9.32. The van der Waals surface area contributed by atoms with Gasteiger partial charge in [0.25, 0.3) is 0 Å². The lowest BCUT2D eigenvalue weighted by Crippen LogP contribution is -2.23. The van der Waals surface area contributed by atoms with Crippen molar-refractivity contribution >= 4 is 0 Å². The summed E-state index contributed by atoms with van der Waals surface area (Å²) in [6, 6.07) is 0. The van der Waals surface area contributed by atoms with Crippen LogP contribution in [-0.4, -0.2) is 29.5 Å². The highest BCUT2D eigenvalue weighted by Crippen LogP contribution is 2.13. The van der Waals surface area contributed by atoms with Crippen molar-refractivity contribution in [3.05, 3.63) is 24.3 Å². The van der Waals surface area contributed by atoms with Gasteiger partial charge in [0.05, 0.1) is 12.3 Å². The van der Waals surface area contributed by atoms with E-state index in [0.717, 1.165) is 31.6 Å². The first-order chi connectivity index (χ1) is 7.45. The first kappa shape index (κ1) is 10.5. The third-order valence-corrected chi connectivity index (χ3v) is 2.42. The van der Waals surface area contributed by atoms with Gasteiger partial charge >= 0.3 is 0 Å². The smallest absolute Gasteiger partial charge is 0.157 e. The Kier molecular flexibility index (Phi) is 4.05. The molecule has 4 heteroatoms. The van der Waals surface area contributed by atoms with Crippen LogP contribution >= 0.6 is 0 Å². The van der Waals surface area contributed by atoms with Crippen LogP contribution in [0, 0.1) is 0 Å². The number of ether oxygens (including phenoxy) is 2. The standard InChI is InChI=1S/C11H16N2O2/c1-2-7-14-11(3-1)15-8-4-10-9-12-5-6-13-10/h5-6,9,11H,1-4,7-8H2. The quantitative estimate of drug-likeness (QED) is 0.753. The molecule has 1 aromatic heterocycles. The highest BCUT2D eigenvalue weighted by Gasteiger charge is 2.13. The van der Waals surface area contributed by atoms with Gasteiger partial charge in [0, 0.05) is 31.6 Å². The van der Waals surface area contributed by atoms with Crippen LogP contribution in [0.3, 0.4) is 0 Å². The summed E-state index contributed by atoms with van der Waals surface area (Å²) in [7, 11) is 0. The lowest BCUT2D eigenvalue weighted by molar-refractivity contribution is -0.161. The van der Waals surface area contributed by atoms with Crippen molar-refractivity contribution in [3.63, 3.8) is 0 Å². The topological polar surface area (TPSA) is 44.2 Å². The molecule has 1 unspecified atom stereocenters. The Balaban J connectivity index is 1.66. The van der Waals surface area contributed by atoms with Crippen molar-refractivity contribution in [2.45, 2.75) is 32.0 Å². The molecule has 0 saturated carbocycles. The second-order valence-electron chi connectivity index (χ2n) is 3.61. The van der Waals surface area contributed by atoms with E-state index in [1.54, 1.807) is 18.6 Å². The monoisotopic (exact) mass is 208 g/mol. The largest absolute Gasteiger partial charge is 0.353 e. The predicted molar refractivity (Wildman–Crippen MR) is 55.3 cm³/mol. The van der Waals surface area contributed by atoms with Crippen LogP contribution in [0.25, 0.3) is 0 Å². The van der Waals surface area contributed by atoms with Gasteiger partial charge in [-0.3, -0.25) is 9.97 Å².